The Labute approximate surface area is 141 Å². The van der Waals surface area contributed by atoms with Gasteiger partial charge in [0, 0.05) is 6.42 Å². The van der Waals surface area contributed by atoms with Crippen molar-refractivity contribution >= 4 is 11.9 Å². The Balaban J connectivity index is 4.05. The van der Waals surface area contributed by atoms with Gasteiger partial charge < -0.3 is 14.3 Å². The van der Waals surface area contributed by atoms with Gasteiger partial charge in [0.25, 0.3) is 0 Å². The Morgan fingerprint density at radius 1 is 1.09 bits per heavy atom. The molecule has 1 N–H and O–H groups in total. The van der Waals surface area contributed by atoms with Crippen LogP contribution in [0.1, 0.15) is 65.2 Å². The van der Waals surface area contributed by atoms with Gasteiger partial charge in [0.15, 0.2) is 6.10 Å². The van der Waals surface area contributed by atoms with Gasteiger partial charge in [-0.2, -0.15) is 0 Å². The van der Waals surface area contributed by atoms with E-state index in [1.807, 2.05) is 21.1 Å². The van der Waals surface area contributed by atoms with Gasteiger partial charge in [-0.25, -0.2) is 0 Å². The molecule has 0 rings (SSSR count). The van der Waals surface area contributed by atoms with Crippen molar-refractivity contribution in [1.29, 1.82) is 0 Å². The first-order chi connectivity index (χ1) is 10.6. The molecular formula is C18H36NO4+. The molecule has 0 saturated heterocycles. The number of ether oxygens (including phenoxy) is 1. The van der Waals surface area contributed by atoms with Crippen molar-refractivity contribution in [2.45, 2.75) is 71.3 Å². The maximum atomic E-state index is 11.9. The van der Waals surface area contributed by atoms with E-state index >= 15 is 0 Å². The molecule has 0 aliphatic rings. The molecule has 2 unspecified atom stereocenters. The van der Waals surface area contributed by atoms with Crippen LogP contribution in [0, 0.1) is 5.92 Å². The highest BCUT2D eigenvalue weighted by Crippen LogP contribution is 2.16. The van der Waals surface area contributed by atoms with Crippen LogP contribution in [0.5, 0.6) is 0 Å². The lowest BCUT2D eigenvalue weighted by atomic mass is 9.97. The summed E-state index contributed by atoms with van der Waals surface area (Å²) in [6.07, 6.45) is 6.44. The van der Waals surface area contributed by atoms with E-state index in [0.29, 0.717) is 23.4 Å². The highest BCUT2D eigenvalue weighted by molar-refractivity contribution is 5.71. The number of quaternary nitrogens is 1. The summed E-state index contributed by atoms with van der Waals surface area (Å²) in [7, 11) is 5.88. The lowest BCUT2D eigenvalue weighted by Crippen LogP contribution is -2.43. The maximum absolute atomic E-state index is 11.9. The van der Waals surface area contributed by atoms with Crippen LogP contribution in [-0.4, -0.2) is 55.3 Å². The van der Waals surface area contributed by atoms with Crippen LogP contribution in [0.4, 0.5) is 0 Å². The number of esters is 1. The third-order valence-electron chi connectivity index (χ3n) is 3.83. The number of carbonyl (C=O) groups excluding carboxylic acids is 1. The van der Waals surface area contributed by atoms with Crippen LogP contribution < -0.4 is 0 Å². The van der Waals surface area contributed by atoms with E-state index in [1.54, 1.807) is 0 Å². The van der Waals surface area contributed by atoms with Gasteiger partial charge in [0.1, 0.15) is 6.54 Å². The topological polar surface area (TPSA) is 63.6 Å². The van der Waals surface area contributed by atoms with Crippen molar-refractivity contribution in [2.75, 3.05) is 27.7 Å². The second kappa shape index (κ2) is 11.4. The number of hydrogen-bond donors (Lipinski definition) is 1. The fraction of sp³-hybridized carbons (Fsp3) is 0.889. The maximum Gasteiger partial charge on any atom is 0.307 e. The molecule has 5 heteroatoms. The normalized spacial score (nSPS) is 14.3. The minimum Gasteiger partial charge on any atom is -0.481 e. The van der Waals surface area contributed by atoms with Gasteiger partial charge in [-0.15, -0.1) is 0 Å². The van der Waals surface area contributed by atoms with Crippen molar-refractivity contribution in [3.63, 3.8) is 0 Å². The molecule has 0 saturated carbocycles. The quantitative estimate of drug-likeness (QED) is 0.319. The fourth-order valence-electron chi connectivity index (χ4n) is 2.65. The minimum atomic E-state index is -0.930. The van der Waals surface area contributed by atoms with Crippen molar-refractivity contribution < 1.29 is 23.9 Å². The second-order valence-electron chi connectivity index (χ2n) is 7.68. The van der Waals surface area contributed by atoms with Gasteiger partial charge in [-0.1, -0.05) is 46.0 Å². The monoisotopic (exact) mass is 330 g/mol. The average Bonchev–Trinajstić information content (AvgIpc) is 2.38. The largest absolute Gasteiger partial charge is 0.481 e. The predicted octanol–water partition coefficient (Wildman–Crippen LogP) is 3.47. The molecule has 0 aromatic heterocycles. The number of hydrogen-bond acceptors (Lipinski definition) is 3. The van der Waals surface area contributed by atoms with Gasteiger partial charge in [-0.3, -0.25) is 9.59 Å². The molecule has 0 aromatic carbocycles. The molecule has 23 heavy (non-hydrogen) atoms. The molecule has 0 radical (unpaired) electrons. The van der Waals surface area contributed by atoms with Crippen LogP contribution in [0.25, 0.3) is 0 Å². The Morgan fingerprint density at radius 2 is 1.70 bits per heavy atom. The Kier molecular flexibility index (Phi) is 10.9. The summed E-state index contributed by atoms with van der Waals surface area (Å²) < 4.78 is 5.94. The third-order valence-corrected chi connectivity index (χ3v) is 3.83. The zero-order chi connectivity index (χ0) is 17.9. The summed E-state index contributed by atoms with van der Waals surface area (Å²) in [6.45, 7) is 4.97. The SMILES string of the molecule is CCCCC(C)CCCCC(=O)OC(CC(=O)O)C[N+](C)(C)C. The van der Waals surface area contributed by atoms with Crippen LogP contribution in [0.2, 0.25) is 0 Å². The summed E-state index contributed by atoms with van der Waals surface area (Å²) in [5.74, 6) is -0.490. The summed E-state index contributed by atoms with van der Waals surface area (Å²) in [5.41, 5.74) is 0. The van der Waals surface area contributed by atoms with Crippen LogP contribution in [0.3, 0.4) is 0 Å². The molecule has 0 aliphatic heterocycles. The standard InChI is InChI=1S/C18H35NO4/c1-6-7-10-15(2)11-8-9-12-18(22)23-16(13-17(20)21)14-19(3,4)5/h15-16H,6-14H2,1-5H3/p+1. The van der Waals surface area contributed by atoms with Gasteiger partial charge in [-0.05, 0) is 12.3 Å². The van der Waals surface area contributed by atoms with Crippen molar-refractivity contribution in [2.24, 2.45) is 5.92 Å². The van der Waals surface area contributed by atoms with E-state index in [0.717, 1.165) is 19.3 Å². The lowest BCUT2D eigenvalue weighted by molar-refractivity contribution is -0.873. The summed E-state index contributed by atoms with van der Waals surface area (Å²) in [5, 5.41) is 8.94. The molecule has 0 heterocycles. The van der Waals surface area contributed by atoms with Crippen LogP contribution in [-0.2, 0) is 14.3 Å². The summed E-state index contributed by atoms with van der Waals surface area (Å²) >= 11 is 0. The first kappa shape index (κ1) is 21.9. The number of carboxylic acids is 1. The van der Waals surface area contributed by atoms with E-state index in [-0.39, 0.29) is 12.4 Å². The molecule has 0 bridgehead atoms. The zero-order valence-corrected chi connectivity index (χ0v) is 15.6. The molecule has 0 aromatic rings. The first-order valence-corrected chi connectivity index (χ1v) is 8.85. The molecule has 0 aliphatic carbocycles. The first-order valence-electron chi connectivity index (χ1n) is 8.85. The fourth-order valence-corrected chi connectivity index (χ4v) is 2.65. The molecule has 2 atom stereocenters. The Hall–Kier alpha value is -1.10. The highest BCUT2D eigenvalue weighted by atomic mass is 16.5. The van der Waals surface area contributed by atoms with Crippen molar-refractivity contribution in [3.8, 4) is 0 Å². The van der Waals surface area contributed by atoms with Gasteiger partial charge in [0.05, 0.1) is 27.6 Å². The van der Waals surface area contributed by atoms with Gasteiger partial charge >= 0.3 is 11.9 Å². The van der Waals surface area contributed by atoms with Crippen molar-refractivity contribution in [3.05, 3.63) is 0 Å². The van der Waals surface area contributed by atoms with E-state index in [2.05, 4.69) is 13.8 Å². The average molecular weight is 330 g/mol. The van der Waals surface area contributed by atoms with E-state index in [4.69, 9.17) is 9.84 Å². The molecule has 136 valence electrons. The molecule has 0 amide bonds. The van der Waals surface area contributed by atoms with Gasteiger partial charge in [0.2, 0.25) is 0 Å². The third kappa shape index (κ3) is 14.2. The molecule has 5 nitrogen and oxygen atoms in total. The Bertz CT molecular complexity index is 349. The number of carbonyl (C=O) groups is 2. The molecular weight excluding hydrogens is 294 g/mol. The summed E-state index contributed by atoms with van der Waals surface area (Å²) in [6, 6.07) is 0. The Morgan fingerprint density at radius 3 is 2.22 bits per heavy atom. The van der Waals surface area contributed by atoms with E-state index < -0.39 is 12.1 Å². The number of unbranched alkanes of at least 4 members (excludes halogenated alkanes) is 2. The highest BCUT2D eigenvalue weighted by Gasteiger charge is 2.24. The van der Waals surface area contributed by atoms with E-state index in [9.17, 15) is 9.59 Å². The van der Waals surface area contributed by atoms with Crippen LogP contribution >= 0.6 is 0 Å². The van der Waals surface area contributed by atoms with Crippen molar-refractivity contribution in [1.82, 2.24) is 0 Å². The zero-order valence-electron chi connectivity index (χ0n) is 15.6. The molecule has 0 spiro atoms. The minimum absolute atomic E-state index is 0.130. The number of carboxylic acid groups (broad SMARTS) is 1. The van der Waals surface area contributed by atoms with Crippen LogP contribution in [0.15, 0.2) is 0 Å². The number of rotatable bonds is 13. The number of likely N-dealkylation sites (N-methyl/N-ethyl adjacent to an activating group) is 1. The molecule has 0 fully saturated rings. The second-order valence-corrected chi connectivity index (χ2v) is 7.68. The predicted molar refractivity (Wildman–Crippen MR) is 92.2 cm³/mol. The smallest absolute Gasteiger partial charge is 0.307 e. The summed E-state index contributed by atoms with van der Waals surface area (Å²) in [4.78, 5) is 22.8. The van der Waals surface area contributed by atoms with E-state index in [1.165, 1.54) is 19.3 Å². The lowest BCUT2D eigenvalue weighted by Gasteiger charge is -2.28. The number of aliphatic carboxylic acids is 1. The number of nitrogens with zero attached hydrogens (tertiary/aromatic N) is 1.